The second-order valence-corrected chi connectivity index (χ2v) is 4.61. The number of non-ortho nitro benzene ring substituents is 1. The Morgan fingerprint density at radius 2 is 2.22 bits per heavy atom. The number of aromatic nitrogens is 2. The summed E-state index contributed by atoms with van der Waals surface area (Å²) in [5.74, 6) is 1.16. The zero-order chi connectivity index (χ0) is 13.1. The van der Waals surface area contributed by atoms with E-state index in [0.29, 0.717) is 17.2 Å². The van der Waals surface area contributed by atoms with Crippen LogP contribution in [0, 0.1) is 13.7 Å². The Hall–Kier alpha value is -1.77. The third-order valence-corrected chi connectivity index (χ3v) is 3.09. The summed E-state index contributed by atoms with van der Waals surface area (Å²) < 4.78 is 0.893. The maximum absolute atomic E-state index is 10.7. The molecule has 0 aliphatic rings. The Kier molecular flexibility index (Phi) is 3.70. The van der Waals surface area contributed by atoms with Crippen molar-refractivity contribution in [3.8, 4) is 11.4 Å². The van der Waals surface area contributed by atoms with Gasteiger partial charge in [0.05, 0.1) is 8.49 Å². The lowest BCUT2D eigenvalue weighted by molar-refractivity contribution is -0.384. The van der Waals surface area contributed by atoms with Crippen LogP contribution in [0.3, 0.4) is 0 Å². The van der Waals surface area contributed by atoms with Crippen LogP contribution in [-0.4, -0.2) is 21.9 Å². The van der Waals surface area contributed by atoms with Crippen molar-refractivity contribution in [3.63, 3.8) is 0 Å². The van der Waals surface area contributed by atoms with Gasteiger partial charge in [0.1, 0.15) is 5.82 Å². The molecule has 0 amide bonds. The Bertz CT molecular complexity index is 603. The normalized spacial score (nSPS) is 10.1. The van der Waals surface area contributed by atoms with Crippen molar-refractivity contribution in [1.29, 1.82) is 0 Å². The topological polar surface area (TPSA) is 81.0 Å². The van der Waals surface area contributed by atoms with Crippen LogP contribution >= 0.6 is 22.6 Å². The lowest BCUT2D eigenvalue weighted by Gasteiger charge is -2.05. The summed E-state index contributed by atoms with van der Waals surface area (Å²) in [6, 6.07) is 6.26. The van der Waals surface area contributed by atoms with Crippen molar-refractivity contribution >= 4 is 34.1 Å². The molecule has 0 saturated carbocycles. The standard InChI is InChI=1S/C11H9IN4O2/c1-13-11-9(12)6-14-10(15-11)7-3-2-4-8(5-7)16(17)18/h2-6H,1H3,(H,13,14,15). The summed E-state index contributed by atoms with van der Waals surface area (Å²) >= 11 is 2.12. The van der Waals surface area contributed by atoms with E-state index in [1.807, 2.05) is 0 Å². The van der Waals surface area contributed by atoms with E-state index in [9.17, 15) is 10.1 Å². The highest BCUT2D eigenvalue weighted by atomic mass is 127. The van der Waals surface area contributed by atoms with Crippen LogP contribution < -0.4 is 5.32 Å². The summed E-state index contributed by atoms with van der Waals surface area (Å²) in [4.78, 5) is 18.8. The molecule has 0 spiro atoms. The summed E-state index contributed by atoms with van der Waals surface area (Å²) in [7, 11) is 1.77. The van der Waals surface area contributed by atoms with Crippen molar-refractivity contribution in [2.45, 2.75) is 0 Å². The largest absolute Gasteiger partial charge is 0.372 e. The molecule has 2 rings (SSSR count). The second-order valence-electron chi connectivity index (χ2n) is 3.45. The highest BCUT2D eigenvalue weighted by molar-refractivity contribution is 14.1. The molecule has 1 N–H and O–H groups in total. The third-order valence-electron chi connectivity index (χ3n) is 2.30. The van der Waals surface area contributed by atoms with Gasteiger partial charge in [-0.05, 0) is 22.6 Å². The van der Waals surface area contributed by atoms with Gasteiger partial charge in [0.25, 0.3) is 5.69 Å². The quantitative estimate of drug-likeness (QED) is 0.520. The van der Waals surface area contributed by atoms with Crippen molar-refractivity contribution in [2.24, 2.45) is 0 Å². The second kappa shape index (κ2) is 5.25. The number of halogens is 1. The lowest BCUT2D eigenvalue weighted by Crippen LogP contribution is -1.99. The summed E-state index contributed by atoms with van der Waals surface area (Å²) in [6.45, 7) is 0. The number of hydrogen-bond acceptors (Lipinski definition) is 5. The Balaban J connectivity index is 2.48. The molecular weight excluding hydrogens is 347 g/mol. The van der Waals surface area contributed by atoms with Crippen LogP contribution in [0.5, 0.6) is 0 Å². The van der Waals surface area contributed by atoms with Gasteiger partial charge in [-0.2, -0.15) is 0 Å². The average Bonchev–Trinajstić information content (AvgIpc) is 2.39. The summed E-state index contributed by atoms with van der Waals surface area (Å²) in [5, 5.41) is 13.7. The first-order chi connectivity index (χ1) is 8.61. The monoisotopic (exact) mass is 356 g/mol. The van der Waals surface area contributed by atoms with E-state index in [1.54, 1.807) is 25.4 Å². The highest BCUT2D eigenvalue weighted by Gasteiger charge is 2.10. The van der Waals surface area contributed by atoms with E-state index >= 15 is 0 Å². The van der Waals surface area contributed by atoms with Crippen molar-refractivity contribution in [3.05, 3.63) is 44.1 Å². The highest BCUT2D eigenvalue weighted by Crippen LogP contribution is 2.23. The fourth-order valence-corrected chi connectivity index (χ4v) is 1.97. The summed E-state index contributed by atoms with van der Waals surface area (Å²) in [5.41, 5.74) is 0.651. The van der Waals surface area contributed by atoms with Crippen LogP contribution in [0.25, 0.3) is 11.4 Å². The lowest BCUT2D eigenvalue weighted by atomic mass is 10.2. The fraction of sp³-hybridized carbons (Fsp3) is 0.0909. The molecule has 92 valence electrons. The Labute approximate surface area is 117 Å². The molecular formula is C11H9IN4O2. The number of nitrogens with one attached hydrogen (secondary N) is 1. The smallest absolute Gasteiger partial charge is 0.270 e. The first-order valence-electron chi connectivity index (χ1n) is 5.07. The molecule has 0 atom stereocenters. The van der Waals surface area contributed by atoms with Crippen LogP contribution in [0.4, 0.5) is 11.5 Å². The average molecular weight is 356 g/mol. The van der Waals surface area contributed by atoms with E-state index < -0.39 is 4.92 Å². The molecule has 0 aliphatic heterocycles. The molecule has 18 heavy (non-hydrogen) atoms. The maximum atomic E-state index is 10.7. The van der Waals surface area contributed by atoms with Crippen molar-refractivity contribution in [1.82, 2.24) is 9.97 Å². The van der Waals surface area contributed by atoms with Crippen LogP contribution in [0.1, 0.15) is 0 Å². The molecule has 0 fully saturated rings. The van der Waals surface area contributed by atoms with Crippen molar-refractivity contribution < 1.29 is 4.92 Å². The minimum atomic E-state index is -0.435. The van der Waals surface area contributed by atoms with Gasteiger partial charge < -0.3 is 5.32 Å². The minimum Gasteiger partial charge on any atom is -0.372 e. The number of nitrogens with zero attached hydrogens (tertiary/aromatic N) is 3. The predicted octanol–water partition coefficient (Wildman–Crippen LogP) is 2.70. The van der Waals surface area contributed by atoms with Gasteiger partial charge in [0.15, 0.2) is 5.82 Å². The number of nitro groups is 1. The number of hydrogen-bond donors (Lipinski definition) is 1. The number of benzene rings is 1. The third kappa shape index (κ3) is 2.55. The van der Waals surface area contributed by atoms with E-state index in [0.717, 1.165) is 3.57 Å². The first-order valence-corrected chi connectivity index (χ1v) is 6.15. The minimum absolute atomic E-state index is 0.0284. The Morgan fingerprint density at radius 3 is 2.89 bits per heavy atom. The zero-order valence-electron chi connectivity index (χ0n) is 9.42. The summed E-state index contributed by atoms with van der Waals surface area (Å²) in [6.07, 6.45) is 1.67. The van der Waals surface area contributed by atoms with Gasteiger partial charge in [0, 0.05) is 30.9 Å². The Morgan fingerprint density at radius 1 is 1.44 bits per heavy atom. The molecule has 0 saturated heterocycles. The van der Waals surface area contributed by atoms with E-state index in [4.69, 9.17) is 0 Å². The van der Waals surface area contributed by atoms with Gasteiger partial charge >= 0.3 is 0 Å². The molecule has 6 nitrogen and oxygen atoms in total. The van der Waals surface area contributed by atoms with E-state index in [1.165, 1.54) is 12.1 Å². The number of nitro benzene ring substituents is 1. The number of rotatable bonds is 3. The van der Waals surface area contributed by atoms with E-state index in [-0.39, 0.29) is 5.69 Å². The molecule has 0 radical (unpaired) electrons. The maximum Gasteiger partial charge on any atom is 0.270 e. The van der Waals surface area contributed by atoms with Crippen LogP contribution in [0.15, 0.2) is 30.5 Å². The van der Waals surface area contributed by atoms with Crippen LogP contribution in [0.2, 0.25) is 0 Å². The molecule has 0 unspecified atom stereocenters. The predicted molar refractivity (Wildman–Crippen MR) is 76.4 cm³/mol. The fourth-order valence-electron chi connectivity index (χ4n) is 1.44. The molecule has 1 aromatic heterocycles. The molecule has 1 aromatic carbocycles. The zero-order valence-corrected chi connectivity index (χ0v) is 11.6. The SMILES string of the molecule is CNc1nc(-c2cccc([N+](=O)[O-])c2)ncc1I. The number of anilines is 1. The van der Waals surface area contributed by atoms with Gasteiger partial charge in [-0.25, -0.2) is 9.97 Å². The van der Waals surface area contributed by atoms with Crippen molar-refractivity contribution in [2.75, 3.05) is 12.4 Å². The molecule has 7 heteroatoms. The van der Waals surface area contributed by atoms with E-state index in [2.05, 4.69) is 37.9 Å². The first kappa shape index (κ1) is 12.7. The van der Waals surface area contributed by atoms with Crippen LogP contribution in [-0.2, 0) is 0 Å². The molecule has 1 heterocycles. The molecule has 2 aromatic rings. The van der Waals surface area contributed by atoms with Gasteiger partial charge in [-0.1, -0.05) is 12.1 Å². The molecule has 0 bridgehead atoms. The van der Waals surface area contributed by atoms with Gasteiger partial charge in [-0.15, -0.1) is 0 Å². The van der Waals surface area contributed by atoms with Gasteiger partial charge in [0.2, 0.25) is 0 Å². The van der Waals surface area contributed by atoms with Gasteiger partial charge in [-0.3, -0.25) is 10.1 Å². The molecule has 0 aliphatic carbocycles.